The molecule has 0 bridgehead atoms. The van der Waals surface area contributed by atoms with Crippen molar-refractivity contribution in [3.8, 4) is 0 Å². The van der Waals surface area contributed by atoms with E-state index in [9.17, 15) is 0 Å². The van der Waals surface area contributed by atoms with Crippen LogP contribution in [0.25, 0.3) is 0 Å². The van der Waals surface area contributed by atoms with Gasteiger partial charge < -0.3 is 0 Å². The minimum Gasteiger partial charge on any atom is -0.103 e. The fourth-order valence-corrected chi connectivity index (χ4v) is 2.27. The van der Waals surface area contributed by atoms with Crippen LogP contribution < -0.4 is 0 Å². The molecular weight excluding hydrogens is 204 g/mol. The zero-order chi connectivity index (χ0) is 12.1. The zero-order valence-corrected chi connectivity index (χ0v) is 10.3. The van der Waals surface area contributed by atoms with Crippen molar-refractivity contribution in [1.82, 2.24) is 0 Å². The lowest BCUT2D eigenvalue weighted by molar-refractivity contribution is 0.823. The van der Waals surface area contributed by atoms with Gasteiger partial charge in [0.15, 0.2) is 0 Å². The molecule has 0 saturated heterocycles. The molecule has 1 atom stereocenters. The Kier molecular flexibility index (Phi) is 3.77. The Hall–Kier alpha value is -1.82. The molecule has 17 heavy (non-hydrogen) atoms. The van der Waals surface area contributed by atoms with Crippen molar-refractivity contribution in [1.29, 1.82) is 0 Å². The van der Waals surface area contributed by atoms with Crippen molar-refractivity contribution in [3.05, 3.63) is 83.9 Å². The summed E-state index contributed by atoms with van der Waals surface area (Å²) in [7, 11) is 0. The summed E-state index contributed by atoms with van der Waals surface area (Å²) in [6.45, 7) is 6.06. The van der Waals surface area contributed by atoms with Gasteiger partial charge in [0.1, 0.15) is 0 Å². The smallest absolute Gasteiger partial charge is 0.0126 e. The fourth-order valence-electron chi connectivity index (χ4n) is 2.27. The van der Waals surface area contributed by atoms with Gasteiger partial charge in [-0.25, -0.2) is 0 Å². The van der Waals surface area contributed by atoms with Crippen LogP contribution in [-0.2, 0) is 0 Å². The highest BCUT2D eigenvalue weighted by atomic mass is 14.2. The quantitative estimate of drug-likeness (QED) is 0.658. The third-order valence-corrected chi connectivity index (χ3v) is 3.17. The highest BCUT2D eigenvalue weighted by molar-refractivity contribution is 5.37. The fraction of sp³-hybridized carbons (Fsp3) is 0.176. The highest BCUT2D eigenvalue weighted by Crippen LogP contribution is 2.30. The summed E-state index contributed by atoms with van der Waals surface area (Å²) in [5, 5.41) is 0. The summed E-state index contributed by atoms with van der Waals surface area (Å²) < 4.78 is 0. The molecule has 0 aliphatic carbocycles. The number of rotatable bonds is 4. The van der Waals surface area contributed by atoms with Crippen LogP contribution in [0.2, 0.25) is 0 Å². The molecule has 0 aliphatic heterocycles. The predicted molar refractivity (Wildman–Crippen MR) is 74.3 cm³/mol. The molecule has 0 N–H and O–H groups in total. The van der Waals surface area contributed by atoms with Gasteiger partial charge in [-0.3, -0.25) is 0 Å². The standard InChI is InChI=1S/C17H18/c1-3-9-17(15-11-5-4-6-12-15)16-13-8-7-10-14(16)2/h3-8,10-13,17H,1,9H2,2H3. The monoisotopic (exact) mass is 222 g/mol. The lowest BCUT2D eigenvalue weighted by Crippen LogP contribution is -2.01. The number of hydrogen-bond donors (Lipinski definition) is 0. The van der Waals surface area contributed by atoms with E-state index in [-0.39, 0.29) is 0 Å². The molecule has 0 radical (unpaired) electrons. The molecule has 0 spiro atoms. The average Bonchev–Trinajstić information content (AvgIpc) is 2.38. The number of benzene rings is 2. The second kappa shape index (κ2) is 5.49. The summed E-state index contributed by atoms with van der Waals surface area (Å²) in [6.07, 6.45) is 2.99. The van der Waals surface area contributed by atoms with E-state index in [4.69, 9.17) is 0 Å². The van der Waals surface area contributed by atoms with Crippen LogP contribution in [0, 0.1) is 6.92 Å². The molecule has 0 heterocycles. The third kappa shape index (κ3) is 2.65. The second-order valence-corrected chi connectivity index (χ2v) is 4.34. The van der Waals surface area contributed by atoms with Crippen LogP contribution in [0.1, 0.15) is 29.0 Å². The highest BCUT2D eigenvalue weighted by Gasteiger charge is 2.13. The van der Waals surface area contributed by atoms with Gasteiger partial charge in [-0.1, -0.05) is 60.7 Å². The Balaban J connectivity index is 2.43. The summed E-state index contributed by atoms with van der Waals surface area (Å²) in [6, 6.07) is 19.3. The first kappa shape index (κ1) is 11.7. The largest absolute Gasteiger partial charge is 0.103 e. The maximum absolute atomic E-state index is 3.88. The van der Waals surface area contributed by atoms with E-state index in [1.54, 1.807) is 0 Å². The molecule has 86 valence electrons. The number of allylic oxidation sites excluding steroid dienone is 1. The van der Waals surface area contributed by atoms with Crippen molar-refractivity contribution in [2.24, 2.45) is 0 Å². The van der Waals surface area contributed by atoms with Gasteiger partial charge >= 0.3 is 0 Å². The minimum atomic E-state index is 0.426. The third-order valence-electron chi connectivity index (χ3n) is 3.17. The summed E-state index contributed by atoms with van der Waals surface area (Å²) in [5.41, 5.74) is 4.11. The molecule has 2 aromatic carbocycles. The molecule has 0 heteroatoms. The Morgan fingerprint density at radius 3 is 2.29 bits per heavy atom. The molecule has 0 fully saturated rings. The van der Waals surface area contributed by atoms with E-state index in [1.807, 2.05) is 6.08 Å². The van der Waals surface area contributed by atoms with Crippen LogP contribution in [0.3, 0.4) is 0 Å². The first-order chi connectivity index (χ1) is 8.33. The SMILES string of the molecule is C=CCC(c1ccccc1)c1ccccc1C. The molecule has 2 rings (SSSR count). The van der Waals surface area contributed by atoms with Crippen molar-refractivity contribution >= 4 is 0 Å². The summed E-state index contributed by atoms with van der Waals surface area (Å²) >= 11 is 0. The predicted octanol–water partition coefficient (Wildman–Crippen LogP) is 4.70. The topological polar surface area (TPSA) is 0 Å². The molecule has 0 saturated carbocycles. The van der Waals surface area contributed by atoms with Gasteiger partial charge in [0.25, 0.3) is 0 Å². The van der Waals surface area contributed by atoms with Crippen molar-refractivity contribution in [2.75, 3.05) is 0 Å². The Morgan fingerprint density at radius 2 is 1.65 bits per heavy atom. The Morgan fingerprint density at radius 1 is 1.00 bits per heavy atom. The van der Waals surface area contributed by atoms with E-state index < -0.39 is 0 Å². The van der Waals surface area contributed by atoms with E-state index in [0.29, 0.717) is 5.92 Å². The van der Waals surface area contributed by atoms with Crippen LogP contribution >= 0.6 is 0 Å². The van der Waals surface area contributed by atoms with Crippen molar-refractivity contribution in [3.63, 3.8) is 0 Å². The van der Waals surface area contributed by atoms with Crippen LogP contribution in [0.5, 0.6) is 0 Å². The average molecular weight is 222 g/mol. The van der Waals surface area contributed by atoms with Gasteiger partial charge in [0.05, 0.1) is 0 Å². The number of hydrogen-bond acceptors (Lipinski definition) is 0. The van der Waals surface area contributed by atoms with Crippen molar-refractivity contribution < 1.29 is 0 Å². The second-order valence-electron chi connectivity index (χ2n) is 4.34. The summed E-state index contributed by atoms with van der Waals surface area (Å²) in [4.78, 5) is 0. The van der Waals surface area contributed by atoms with Crippen LogP contribution in [-0.4, -0.2) is 0 Å². The molecule has 1 unspecified atom stereocenters. The maximum Gasteiger partial charge on any atom is 0.0126 e. The lowest BCUT2D eigenvalue weighted by atomic mass is 9.86. The Bertz CT molecular complexity index is 482. The van der Waals surface area contributed by atoms with Crippen molar-refractivity contribution in [2.45, 2.75) is 19.3 Å². The zero-order valence-electron chi connectivity index (χ0n) is 10.3. The van der Waals surface area contributed by atoms with Gasteiger partial charge in [0, 0.05) is 5.92 Å². The van der Waals surface area contributed by atoms with E-state index in [0.717, 1.165) is 6.42 Å². The van der Waals surface area contributed by atoms with Gasteiger partial charge in [-0.2, -0.15) is 0 Å². The molecule has 0 aliphatic rings. The van der Waals surface area contributed by atoms with Gasteiger partial charge in [0.2, 0.25) is 0 Å². The maximum atomic E-state index is 3.88. The van der Waals surface area contributed by atoms with Crippen LogP contribution in [0.15, 0.2) is 67.3 Å². The summed E-state index contributed by atoms with van der Waals surface area (Å²) in [5.74, 6) is 0.426. The normalized spacial score (nSPS) is 12.1. The molecule has 0 amide bonds. The number of aryl methyl sites for hydroxylation is 1. The van der Waals surface area contributed by atoms with Crippen LogP contribution in [0.4, 0.5) is 0 Å². The molecule has 2 aromatic rings. The van der Waals surface area contributed by atoms with E-state index in [1.165, 1.54) is 16.7 Å². The lowest BCUT2D eigenvalue weighted by Gasteiger charge is -2.18. The minimum absolute atomic E-state index is 0.426. The van der Waals surface area contributed by atoms with Gasteiger partial charge in [-0.15, -0.1) is 6.58 Å². The first-order valence-corrected chi connectivity index (χ1v) is 6.04. The van der Waals surface area contributed by atoms with E-state index >= 15 is 0 Å². The first-order valence-electron chi connectivity index (χ1n) is 6.04. The van der Waals surface area contributed by atoms with E-state index in [2.05, 4.69) is 68.1 Å². The van der Waals surface area contributed by atoms with Gasteiger partial charge in [-0.05, 0) is 30.0 Å². The molecular formula is C17H18. The molecule has 0 aromatic heterocycles. The Labute approximate surface area is 104 Å². The molecule has 0 nitrogen and oxygen atoms in total.